The highest BCUT2D eigenvalue weighted by molar-refractivity contribution is 5.71. The largest absolute Gasteiger partial charge is 0.481 e. The molecule has 0 spiro atoms. The maximum atomic E-state index is 13.6. The van der Waals surface area contributed by atoms with Crippen molar-refractivity contribution >= 4 is 5.97 Å². The molecule has 0 aliphatic heterocycles. The van der Waals surface area contributed by atoms with E-state index in [1.807, 2.05) is 31.2 Å². The number of aryl methyl sites for hydroxylation is 1. The summed E-state index contributed by atoms with van der Waals surface area (Å²) in [6, 6.07) is 8.93. The topological polar surface area (TPSA) is 94.0 Å². The van der Waals surface area contributed by atoms with Gasteiger partial charge in [-0.2, -0.15) is 10.1 Å². The number of carboxylic acids is 1. The van der Waals surface area contributed by atoms with E-state index in [0.717, 1.165) is 24.0 Å². The minimum absolute atomic E-state index is 0.166. The lowest BCUT2D eigenvalue weighted by Gasteiger charge is -2.33. The SMILES string of the molecule is Cc1ccccc1C1(c2nc(-c3cc(C(F)F)n(C4CC(C(=O)O)C4)n3)no2)CC1. The Morgan fingerprint density at radius 1 is 1.30 bits per heavy atom. The van der Waals surface area contributed by atoms with Gasteiger partial charge in [-0.25, -0.2) is 8.78 Å². The molecule has 5 rings (SSSR count). The summed E-state index contributed by atoms with van der Waals surface area (Å²) in [7, 11) is 0. The van der Waals surface area contributed by atoms with Crippen molar-refractivity contribution in [3.05, 3.63) is 53.0 Å². The third kappa shape index (κ3) is 2.91. The van der Waals surface area contributed by atoms with Crippen LogP contribution in [0.15, 0.2) is 34.9 Å². The molecule has 1 N–H and O–H groups in total. The van der Waals surface area contributed by atoms with Gasteiger partial charge in [-0.3, -0.25) is 9.48 Å². The second kappa shape index (κ2) is 6.72. The number of alkyl halides is 2. The van der Waals surface area contributed by atoms with E-state index in [-0.39, 0.29) is 41.5 Å². The van der Waals surface area contributed by atoms with Crippen LogP contribution < -0.4 is 0 Å². The molecule has 0 amide bonds. The fourth-order valence-corrected chi connectivity index (χ4v) is 4.32. The summed E-state index contributed by atoms with van der Waals surface area (Å²) in [4.78, 5) is 15.5. The first-order valence-corrected chi connectivity index (χ1v) is 9.90. The van der Waals surface area contributed by atoms with Gasteiger partial charge in [0, 0.05) is 0 Å². The first-order chi connectivity index (χ1) is 14.4. The summed E-state index contributed by atoms with van der Waals surface area (Å²) in [5.74, 6) is -0.797. The molecule has 9 heteroatoms. The van der Waals surface area contributed by atoms with Gasteiger partial charge in [-0.05, 0) is 49.8 Å². The standard InChI is InChI=1S/C21H20F2N4O3/c1-11-4-2-3-5-14(11)21(6-7-21)20-24-18(26-30-20)15-10-16(17(22)23)27(25-15)13-8-12(9-13)19(28)29/h2-5,10,12-13,17H,6-9H2,1H3,(H,28,29). The van der Waals surface area contributed by atoms with Crippen molar-refractivity contribution in [1.29, 1.82) is 0 Å². The highest BCUT2D eigenvalue weighted by atomic mass is 19.3. The van der Waals surface area contributed by atoms with E-state index in [0.29, 0.717) is 5.89 Å². The van der Waals surface area contributed by atoms with Crippen molar-refractivity contribution in [2.75, 3.05) is 0 Å². The van der Waals surface area contributed by atoms with Crippen LogP contribution in [0.3, 0.4) is 0 Å². The number of benzene rings is 1. The molecule has 2 saturated carbocycles. The van der Waals surface area contributed by atoms with E-state index >= 15 is 0 Å². The van der Waals surface area contributed by atoms with Crippen LogP contribution in [-0.2, 0) is 10.2 Å². The number of carbonyl (C=O) groups is 1. The number of halogens is 2. The third-order valence-electron chi connectivity index (χ3n) is 6.27. The van der Waals surface area contributed by atoms with Crippen molar-refractivity contribution in [3.63, 3.8) is 0 Å². The molecule has 2 aliphatic carbocycles. The number of nitrogens with zero attached hydrogens (tertiary/aromatic N) is 4. The Balaban J connectivity index is 1.45. The Morgan fingerprint density at radius 3 is 2.67 bits per heavy atom. The molecule has 30 heavy (non-hydrogen) atoms. The Kier molecular flexibility index (Phi) is 4.23. The van der Waals surface area contributed by atoms with Crippen molar-refractivity contribution in [2.24, 2.45) is 5.92 Å². The van der Waals surface area contributed by atoms with Crippen LogP contribution in [0.5, 0.6) is 0 Å². The Labute approximate surface area is 170 Å². The minimum Gasteiger partial charge on any atom is -0.481 e. The quantitative estimate of drug-likeness (QED) is 0.647. The van der Waals surface area contributed by atoms with Gasteiger partial charge in [-0.15, -0.1) is 0 Å². The van der Waals surface area contributed by atoms with E-state index in [1.54, 1.807) is 0 Å². The van der Waals surface area contributed by atoms with Gasteiger partial charge in [0.2, 0.25) is 11.7 Å². The Bertz CT molecular complexity index is 1110. The van der Waals surface area contributed by atoms with Gasteiger partial charge in [0.1, 0.15) is 11.4 Å². The second-order valence-corrected chi connectivity index (χ2v) is 8.18. The van der Waals surface area contributed by atoms with Crippen LogP contribution in [0, 0.1) is 12.8 Å². The van der Waals surface area contributed by atoms with E-state index in [9.17, 15) is 13.6 Å². The first kappa shape index (κ1) is 18.9. The highest BCUT2D eigenvalue weighted by Crippen LogP contribution is 2.54. The number of hydrogen-bond acceptors (Lipinski definition) is 5. The van der Waals surface area contributed by atoms with Gasteiger partial charge in [-0.1, -0.05) is 29.4 Å². The van der Waals surface area contributed by atoms with Gasteiger partial charge in [0.15, 0.2) is 0 Å². The highest BCUT2D eigenvalue weighted by Gasteiger charge is 2.51. The van der Waals surface area contributed by atoms with Crippen LogP contribution in [0.4, 0.5) is 8.78 Å². The maximum Gasteiger partial charge on any atom is 0.306 e. The molecule has 7 nitrogen and oxygen atoms in total. The average molecular weight is 414 g/mol. The normalized spacial score (nSPS) is 22.1. The molecule has 2 fully saturated rings. The van der Waals surface area contributed by atoms with Crippen LogP contribution in [0.25, 0.3) is 11.5 Å². The summed E-state index contributed by atoms with van der Waals surface area (Å²) >= 11 is 0. The van der Waals surface area contributed by atoms with Gasteiger partial charge >= 0.3 is 5.97 Å². The fourth-order valence-electron chi connectivity index (χ4n) is 4.32. The molecule has 0 atom stereocenters. The second-order valence-electron chi connectivity index (χ2n) is 8.18. The number of hydrogen-bond donors (Lipinski definition) is 1. The molecule has 0 saturated heterocycles. The monoisotopic (exact) mass is 414 g/mol. The van der Waals surface area contributed by atoms with Crippen molar-refractivity contribution in [3.8, 4) is 11.5 Å². The van der Waals surface area contributed by atoms with Crippen LogP contribution >= 0.6 is 0 Å². The lowest BCUT2D eigenvalue weighted by atomic mass is 9.80. The number of rotatable bonds is 6. The summed E-state index contributed by atoms with van der Waals surface area (Å²) in [5.41, 5.74) is 1.89. The summed E-state index contributed by atoms with van der Waals surface area (Å²) < 4.78 is 33.9. The zero-order valence-corrected chi connectivity index (χ0v) is 16.3. The van der Waals surface area contributed by atoms with E-state index in [4.69, 9.17) is 9.63 Å². The van der Waals surface area contributed by atoms with Crippen LogP contribution in [0.1, 0.15) is 60.9 Å². The van der Waals surface area contributed by atoms with Gasteiger partial charge in [0.25, 0.3) is 6.43 Å². The lowest BCUT2D eigenvalue weighted by Crippen LogP contribution is -2.33. The molecule has 1 aromatic carbocycles. The molecule has 0 radical (unpaired) electrons. The smallest absolute Gasteiger partial charge is 0.306 e. The summed E-state index contributed by atoms with van der Waals surface area (Å²) in [5, 5.41) is 17.3. The van der Waals surface area contributed by atoms with E-state index < -0.39 is 18.3 Å². The summed E-state index contributed by atoms with van der Waals surface area (Å²) in [6.45, 7) is 2.03. The molecular weight excluding hydrogens is 394 g/mol. The summed E-state index contributed by atoms with van der Waals surface area (Å²) in [6.07, 6.45) is -0.402. The van der Waals surface area contributed by atoms with E-state index in [2.05, 4.69) is 15.2 Å². The van der Waals surface area contributed by atoms with Crippen molar-refractivity contribution in [1.82, 2.24) is 19.9 Å². The van der Waals surface area contributed by atoms with E-state index in [1.165, 1.54) is 10.7 Å². The van der Waals surface area contributed by atoms with Crippen molar-refractivity contribution in [2.45, 2.75) is 50.5 Å². The first-order valence-electron chi connectivity index (χ1n) is 9.90. The maximum absolute atomic E-state index is 13.6. The fraction of sp³-hybridized carbons (Fsp3) is 0.429. The number of aromatic nitrogens is 4. The lowest BCUT2D eigenvalue weighted by molar-refractivity contribution is -0.146. The minimum atomic E-state index is -2.73. The molecule has 2 aromatic heterocycles. The third-order valence-corrected chi connectivity index (χ3v) is 6.27. The molecule has 2 aliphatic rings. The Hall–Kier alpha value is -3.10. The molecule has 3 aromatic rings. The molecule has 156 valence electrons. The predicted molar refractivity (Wildman–Crippen MR) is 101 cm³/mol. The van der Waals surface area contributed by atoms with Crippen molar-refractivity contribution < 1.29 is 23.2 Å². The van der Waals surface area contributed by atoms with Gasteiger partial charge < -0.3 is 9.63 Å². The number of carboxylic acid groups (broad SMARTS) is 1. The van der Waals surface area contributed by atoms with Gasteiger partial charge in [0.05, 0.1) is 17.4 Å². The Morgan fingerprint density at radius 2 is 2.03 bits per heavy atom. The zero-order valence-electron chi connectivity index (χ0n) is 16.3. The van der Waals surface area contributed by atoms with Crippen LogP contribution in [-0.4, -0.2) is 31.0 Å². The average Bonchev–Trinajstić information content (AvgIpc) is 3.11. The number of aliphatic carboxylic acids is 1. The predicted octanol–water partition coefficient (Wildman–Crippen LogP) is 4.29. The zero-order chi connectivity index (χ0) is 21.0. The molecule has 0 bridgehead atoms. The molecular formula is C21H20F2N4O3. The van der Waals surface area contributed by atoms with Crippen LogP contribution in [0.2, 0.25) is 0 Å². The molecule has 0 unspecified atom stereocenters. The molecule has 2 heterocycles.